The van der Waals surface area contributed by atoms with E-state index in [2.05, 4.69) is 4.72 Å². The Morgan fingerprint density at radius 2 is 1.57 bits per heavy atom. The van der Waals surface area contributed by atoms with Crippen LogP contribution in [0.2, 0.25) is 0 Å². The van der Waals surface area contributed by atoms with Crippen LogP contribution in [0.1, 0.15) is 15.9 Å². The number of sulfonamides is 1. The SMILES string of the molecule is O=C(c1cc(NS(=O)(=O)c2ccccc2)ccc1F)c1cc2ccccc2oc1=O. The molecule has 0 saturated carbocycles. The molecule has 0 bridgehead atoms. The van der Waals surface area contributed by atoms with E-state index in [0.717, 1.165) is 12.1 Å². The number of halogens is 1. The molecule has 0 spiro atoms. The highest BCUT2D eigenvalue weighted by molar-refractivity contribution is 7.92. The van der Waals surface area contributed by atoms with Gasteiger partial charge in [0.05, 0.1) is 10.5 Å². The Bertz CT molecular complexity index is 1430. The Morgan fingerprint density at radius 3 is 2.33 bits per heavy atom. The van der Waals surface area contributed by atoms with Gasteiger partial charge in [0, 0.05) is 11.1 Å². The van der Waals surface area contributed by atoms with Crippen LogP contribution in [0.15, 0.2) is 93.0 Å². The summed E-state index contributed by atoms with van der Waals surface area (Å²) in [5, 5.41) is 0.502. The molecule has 0 atom stereocenters. The molecule has 4 aromatic rings. The van der Waals surface area contributed by atoms with E-state index in [4.69, 9.17) is 4.42 Å². The van der Waals surface area contributed by atoms with E-state index in [0.29, 0.717) is 11.0 Å². The van der Waals surface area contributed by atoms with Crippen molar-refractivity contribution in [3.8, 4) is 0 Å². The van der Waals surface area contributed by atoms with Crippen LogP contribution in [0.3, 0.4) is 0 Å². The number of carbonyl (C=O) groups excluding carboxylic acids is 1. The number of hydrogen-bond donors (Lipinski definition) is 1. The van der Waals surface area contributed by atoms with Crippen LogP contribution in [-0.2, 0) is 10.0 Å². The van der Waals surface area contributed by atoms with Crippen molar-refractivity contribution in [3.63, 3.8) is 0 Å². The molecule has 1 aromatic heterocycles. The van der Waals surface area contributed by atoms with E-state index in [1.165, 1.54) is 24.3 Å². The van der Waals surface area contributed by atoms with Gasteiger partial charge in [-0.1, -0.05) is 36.4 Å². The van der Waals surface area contributed by atoms with Crippen LogP contribution in [0.4, 0.5) is 10.1 Å². The first-order valence-electron chi connectivity index (χ1n) is 8.80. The summed E-state index contributed by atoms with van der Waals surface area (Å²) in [4.78, 5) is 25.1. The first-order chi connectivity index (χ1) is 14.3. The largest absolute Gasteiger partial charge is 0.422 e. The highest BCUT2D eigenvalue weighted by atomic mass is 32.2. The number of fused-ring (bicyclic) bond motifs is 1. The molecular formula is C22H14FNO5S. The van der Waals surface area contributed by atoms with Gasteiger partial charge >= 0.3 is 5.63 Å². The first kappa shape index (κ1) is 19.5. The lowest BCUT2D eigenvalue weighted by molar-refractivity contribution is 0.103. The van der Waals surface area contributed by atoms with Crippen LogP contribution < -0.4 is 10.3 Å². The smallest absolute Gasteiger partial charge is 0.347 e. The summed E-state index contributed by atoms with van der Waals surface area (Å²) in [5.74, 6) is -1.80. The zero-order chi connectivity index (χ0) is 21.3. The molecule has 3 aromatic carbocycles. The van der Waals surface area contributed by atoms with E-state index in [-0.39, 0.29) is 16.1 Å². The summed E-state index contributed by atoms with van der Waals surface area (Å²) in [6, 6.07) is 18.7. The van der Waals surface area contributed by atoms with Crippen molar-refractivity contribution in [1.29, 1.82) is 0 Å². The van der Waals surface area contributed by atoms with Crippen LogP contribution in [0, 0.1) is 5.82 Å². The molecule has 0 aliphatic heterocycles. The predicted molar refractivity (Wildman–Crippen MR) is 110 cm³/mol. The van der Waals surface area contributed by atoms with Crippen molar-refractivity contribution in [2.45, 2.75) is 4.90 Å². The lowest BCUT2D eigenvalue weighted by Gasteiger charge is -2.10. The quantitative estimate of drug-likeness (QED) is 0.387. The second kappa shape index (κ2) is 7.57. The third-order valence-corrected chi connectivity index (χ3v) is 5.80. The molecule has 0 fully saturated rings. The number of ketones is 1. The van der Waals surface area contributed by atoms with Gasteiger partial charge in [-0.3, -0.25) is 9.52 Å². The number of para-hydroxylation sites is 1. The third-order valence-electron chi connectivity index (χ3n) is 4.40. The molecule has 1 heterocycles. The summed E-state index contributed by atoms with van der Waals surface area (Å²) in [5.41, 5.74) is -1.44. The van der Waals surface area contributed by atoms with E-state index in [9.17, 15) is 22.4 Å². The fourth-order valence-corrected chi connectivity index (χ4v) is 4.01. The van der Waals surface area contributed by atoms with Crippen molar-refractivity contribution in [2.24, 2.45) is 0 Å². The minimum absolute atomic E-state index is 0.0115. The molecule has 30 heavy (non-hydrogen) atoms. The highest BCUT2D eigenvalue weighted by Gasteiger charge is 2.21. The summed E-state index contributed by atoms with van der Waals surface area (Å²) in [6.45, 7) is 0. The van der Waals surface area contributed by atoms with E-state index in [1.807, 2.05) is 0 Å². The van der Waals surface area contributed by atoms with Gasteiger partial charge in [-0.05, 0) is 42.5 Å². The molecule has 0 amide bonds. The highest BCUT2D eigenvalue weighted by Crippen LogP contribution is 2.22. The minimum Gasteiger partial charge on any atom is -0.422 e. The summed E-state index contributed by atoms with van der Waals surface area (Å²) in [7, 11) is -3.93. The third kappa shape index (κ3) is 3.72. The van der Waals surface area contributed by atoms with Crippen molar-refractivity contribution in [3.05, 3.63) is 106 Å². The van der Waals surface area contributed by atoms with Crippen LogP contribution >= 0.6 is 0 Å². The lowest BCUT2D eigenvalue weighted by atomic mass is 10.0. The monoisotopic (exact) mass is 423 g/mol. The Balaban J connectivity index is 1.73. The normalized spacial score (nSPS) is 11.4. The number of anilines is 1. The maximum absolute atomic E-state index is 14.4. The fraction of sp³-hybridized carbons (Fsp3) is 0. The standard InChI is InChI=1S/C22H14FNO5S/c23-19-11-10-15(24-30(27,28)16-7-2-1-3-8-16)13-17(19)21(25)18-12-14-6-4-5-9-20(14)29-22(18)26/h1-13,24H. The van der Waals surface area contributed by atoms with Gasteiger partial charge in [-0.15, -0.1) is 0 Å². The topological polar surface area (TPSA) is 93.4 Å². The zero-order valence-corrected chi connectivity index (χ0v) is 16.1. The number of rotatable bonds is 5. The average Bonchev–Trinajstić information content (AvgIpc) is 2.74. The zero-order valence-electron chi connectivity index (χ0n) is 15.3. The Labute approximate surface area is 170 Å². The molecular weight excluding hydrogens is 409 g/mol. The molecule has 0 unspecified atom stereocenters. The van der Waals surface area contributed by atoms with Gasteiger partial charge in [0.1, 0.15) is 17.0 Å². The maximum atomic E-state index is 14.4. The van der Waals surface area contributed by atoms with Crippen molar-refractivity contribution >= 4 is 32.5 Å². The van der Waals surface area contributed by atoms with Crippen molar-refractivity contribution in [1.82, 2.24) is 0 Å². The molecule has 0 radical (unpaired) electrons. The lowest BCUT2D eigenvalue weighted by Crippen LogP contribution is -2.17. The fourth-order valence-electron chi connectivity index (χ4n) is 2.94. The number of carbonyl (C=O) groups is 1. The average molecular weight is 423 g/mol. The Kier molecular flexibility index (Phi) is 4.93. The second-order valence-electron chi connectivity index (χ2n) is 6.43. The van der Waals surface area contributed by atoms with Crippen LogP contribution in [-0.4, -0.2) is 14.2 Å². The Morgan fingerprint density at radius 1 is 0.867 bits per heavy atom. The second-order valence-corrected chi connectivity index (χ2v) is 8.11. The predicted octanol–water partition coefficient (Wildman–Crippen LogP) is 3.96. The van der Waals surface area contributed by atoms with Gasteiger partial charge in [0.25, 0.3) is 10.0 Å². The van der Waals surface area contributed by atoms with E-state index >= 15 is 0 Å². The maximum Gasteiger partial charge on any atom is 0.347 e. The molecule has 8 heteroatoms. The van der Waals surface area contributed by atoms with Crippen LogP contribution in [0.25, 0.3) is 11.0 Å². The van der Waals surface area contributed by atoms with Crippen molar-refractivity contribution < 1.29 is 22.0 Å². The van der Waals surface area contributed by atoms with E-state index in [1.54, 1.807) is 42.5 Å². The van der Waals surface area contributed by atoms with Gasteiger partial charge in [0.15, 0.2) is 0 Å². The summed E-state index contributed by atoms with van der Waals surface area (Å²) in [6.07, 6.45) is 0. The Hall–Kier alpha value is -3.78. The van der Waals surface area contributed by atoms with Crippen molar-refractivity contribution in [2.75, 3.05) is 4.72 Å². The summed E-state index contributed by atoms with van der Waals surface area (Å²) < 4.78 is 46.8. The van der Waals surface area contributed by atoms with Gasteiger partial charge < -0.3 is 4.42 Å². The van der Waals surface area contributed by atoms with Gasteiger partial charge in [-0.2, -0.15) is 0 Å². The van der Waals surface area contributed by atoms with Gasteiger partial charge in [-0.25, -0.2) is 17.6 Å². The molecule has 4 rings (SSSR count). The molecule has 0 saturated heterocycles. The molecule has 1 N–H and O–H groups in total. The first-order valence-corrected chi connectivity index (χ1v) is 10.3. The molecule has 0 aliphatic carbocycles. The van der Waals surface area contributed by atoms with Gasteiger partial charge in [0.2, 0.25) is 5.78 Å². The number of hydrogen-bond acceptors (Lipinski definition) is 5. The number of benzene rings is 3. The molecule has 150 valence electrons. The molecule has 0 aliphatic rings. The minimum atomic E-state index is -3.93. The van der Waals surface area contributed by atoms with Crippen LogP contribution in [0.5, 0.6) is 0 Å². The summed E-state index contributed by atoms with van der Waals surface area (Å²) >= 11 is 0. The number of nitrogens with one attached hydrogen (secondary N) is 1. The molecule has 6 nitrogen and oxygen atoms in total. The van der Waals surface area contributed by atoms with E-state index < -0.39 is 32.8 Å².